The molecule has 6 aromatic rings. The van der Waals surface area contributed by atoms with Crippen LogP contribution in [0.2, 0.25) is 15.1 Å². The molecule has 6 rings (SSSR count). The summed E-state index contributed by atoms with van der Waals surface area (Å²) >= 11 is 16.8. The third-order valence-electron chi connectivity index (χ3n) is 12.9. The number of ether oxygens (including phenoxy) is 2. The number of ketones is 5. The van der Waals surface area contributed by atoms with E-state index in [1.807, 2.05) is 13.0 Å². The van der Waals surface area contributed by atoms with Gasteiger partial charge in [0.15, 0.2) is 11.5 Å². The largest absolute Gasteiger partial charge is 0.493 e. The van der Waals surface area contributed by atoms with E-state index in [1.54, 1.807) is 44.2 Å². The number of aliphatic hydroxyl groups excluding tert-OH is 2. The molecule has 0 aliphatic rings. The molecule has 546 valence electrons. The lowest BCUT2D eigenvalue weighted by atomic mass is 10.1. The molecule has 0 bridgehead atoms. The lowest BCUT2D eigenvalue weighted by molar-refractivity contribution is -0.139. The fourth-order valence-corrected chi connectivity index (χ4v) is 8.38. The molecule has 0 radical (unpaired) electrons. The molecule has 0 fully saturated rings. The van der Waals surface area contributed by atoms with Crippen molar-refractivity contribution in [1.29, 1.82) is 0 Å². The lowest BCUT2D eigenvalue weighted by Gasteiger charge is -2.11. The normalized spacial score (nSPS) is 10.7. The molecular weight excluding hydrogens is 1430 g/mol. The predicted octanol–water partition coefficient (Wildman–Crippen LogP) is 10.5. The number of carbonyl (C=O) groups is 10. The molecule has 6 aromatic carbocycles. The third-order valence-corrected chi connectivity index (χ3v) is 13.8. The average molecular weight is 1490 g/mol. The first-order chi connectivity index (χ1) is 47.1. The third kappa shape index (κ3) is 32.9. The maximum absolute atomic E-state index is 12.9. The second kappa shape index (κ2) is 42.4. The standard InChI is InChI=1S/C21H21ClF3NO4.C13H14F2N2O2.C11H9ClF3NO3.C11H12ClNO3.C11H10F3NO2/c1-29-18-9-7-13(11-19(18)30-2)4-3-5-17(27)20(28)26-12-14-6-8-16(22)15(10-14)21(23,24)25;1-8(2)16-7-12(18)13(19)17-6-9-3-10(14)5-11(15)4-9;12-8-2-1-6(3-7(8)11(13,14)15)4-16-10(19)9(18)5-17;1-7-4-9(12)3-2-8(7)5-13-11(16)10(15)6-14;1-7(16)10(17)15-6-8-3-2-4-9(5-8)11(12,13)14/h6-11H,3-5,12H2,1-2H3,(H,26,28);3-5H,6-7H2,1-2H3,(H,17,19);1-3,17H,4-5H2,(H,16,19);2-4,14H,5-6H2,1H3,(H,13,16);2-5H,6H2,1H3,(H,15,17). The number of aliphatic imine (C=N–C) groups is 1. The van der Waals surface area contributed by atoms with Gasteiger partial charge in [0.1, 0.15) is 31.4 Å². The fraction of sp³-hybridized carbons (Fsp3) is 0.299. The Kier molecular flexibility index (Phi) is 36.7. The van der Waals surface area contributed by atoms with Crippen LogP contribution in [0.15, 0.2) is 120 Å². The van der Waals surface area contributed by atoms with E-state index in [4.69, 9.17) is 54.5 Å². The Morgan fingerprint density at radius 3 is 1.36 bits per heavy atom. The number of amides is 5. The zero-order valence-corrected chi connectivity index (χ0v) is 56.5. The summed E-state index contributed by atoms with van der Waals surface area (Å²) in [5.74, 6) is -8.56. The number of nitrogens with one attached hydrogen (secondary N) is 5. The van der Waals surface area contributed by atoms with E-state index in [-0.39, 0.29) is 67.9 Å². The summed E-state index contributed by atoms with van der Waals surface area (Å²) in [6.07, 6.45) is -12.6. The minimum atomic E-state index is -4.60. The topological polar surface area (TPSA) is 302 Å². The first kappa shape index (κ1) is 87.4. The lowest BCUT2D eigenvalue weighted by Crippen LogP contribution is -2.32. The molecule has 0 aliphatic carbocycles. The molecule has 0 saturated heterocycles. The maximum atomic E-state index is 12.9. The van der Waals surface area contributed by atoms with Gasteiger partial charge in [0.05, 0.1) is 41.0 Å². The maximum Gasteiger partial charge on any atom is 0.417 e. The van der Waals surface area contributed by atoms with Crippen LogP contribution in [0.3, 0.4) is 0 Å². The number of methoxy groups -OCH3 is 2. The zero-order chi connectivity index (χ0) is 76.5. The summed E-state index contributed by atoms with van der Waals surface area (Å²) in [5, 5.41) is 28.0. The Morgan fingerprint density at radius 1 is 0.465 bits per heavy atom. The van der Waals surface area contributed by atoms with Crippen LogP contribution in [0, 0.1) is 18.6 Å². The Labute approximate surface area is 585 Å². The number of alkyl halides is 9. The van der Waals surface area contributed by atoms with Crippen molar-refractivity contribution in [3.8, 4) is 11.5 Å². The minimum absolute atomic E-state index is 0.00853. The van der Waals surface area contributed by atoms with Crippen molar-refractivity contribution in [2.45, 2.75) is 98.2 Å². The molecule has 0 heterocycles. The van der Waals surface area contributed by atoms with Gasteiger partial charge < -0.3 is 46.3 Å². The number of hydrogen-bond donors (Lipinski definition) is 7. The van der Waals surface area contributed by atoms with Crippen molar-refractivity contribution in [3.05, 3.63) is 198 Å². The first-order valence-electron chi connectivity index (χ1n) is 29.1. The van der Waals surface area contributed by atoms with Crippen molar-refractivity contribution in [1.82, 2.24) is 26.6 Å². The van der Waals surface area contributed by atoms with Gasteiger partial charge in [-0.25, -0.2) is 8.78 Å². The van der Waals surface area contributed by atoms with E-state index in [1.165, 1.54) is 38.5 Å². The van der Waals surface area contributed by atoms with Crippen LogP contribution in [-0.4, -0.2) is 108 Å². The molecule has 5 amide bonds. The molecule has 0 aromatic heterocycles. The number of halogens is 14. The number of Topliss-reactive ketones (excluding diaryl/α,β-unsaturated/α-hetero) is 5. The molecule has 0 aliphatic heterocycles. The van der Waals surface area contributed by atoms with E-state index >= 15 is 0 Å². The van der Waals surface area contributed by atoms with Gasteiger partial charge in [-0.3, -0.25) is 52.9 Å². The Morgan fingerprint density at radius 2 is 0.911 bits per heavy atom. The van der Waals surface area contributed by atoms with Crippen LogP contribution in [0.4, 0.5) is 48.3 Å². The second-order valence-corrected chi connectivity index (χ2v) is 22.2. The Bertz CT molecular complexity index is 3920. The van der Waals surface area contributed by atoms with Gasteiger partial charge in [0.2, 0.25) is 28.9 Å². The SMILES string of the molecule is CC(=O)C(=O)NCc1cccc(C(F)(F)F)c1.CC(C)=NCC(=O)C(=O)NCc1cc(F)cc(F)c1.COc1ccc(CCCC(=O)C(=O)NCc2ccc(Cl)c(C(F)(F)F)c2)cc1OC.Cc1cc(Cl)ccc1CNC(=O)C(=O)CO.O=C(CO)C(=O)NCc1ccc(Cl)c(C(F)(F)F)c1. The van der Waals surface area contributed by atoms with Gasteiger partial charge in [-0.15, -0.1) is 0 Å². The summed E-state index contributed by atoms with van der Waals surface area (Å²) in [4.78, 5) is 116. The van der Waals surface area contributed by atoms with E-state index in [2.05, 4.69) is 31.6 Å². The Balaban J connectivity index is 0.000000439. The highest BCUT2D eigenvalue weighted by molar-refractivity contribution is 6.38. The summed E-state index contributed by atoms with van der Waals surface area (Å²) in [7, 11) is 3.05. The van der Waals surface area contributed by atoms with Gasteiger partial charge in [0, 0.05) is 62.9 Å². The van der Waals surface area contributed by atoms with Gasteiger partial charge in [-0.2, -0.15) is 39.5 Å². The molecule has 0 saturated carbocycles. The van der Waals surface area contributed by atoms with Gasteiger partial charge >= 0.3 is 18.5 Å². The second-order valence-electron chi connectivity index (χ2n) is 21.0. The number of rotatable bonds is 25. The molecule has 34 heteroatoms. The molecule has 0 unspecified atom stereocenters. The summed E-state index contributed by atoms with van der Waals surface area (Å²) < 4.78 is 150. The van der Waals surface area contributed by atoms with Gasteiger partial charge in [0.25, 0.3) is 29.5 Å². The highest BCUT2D eigenvalue weighted by Gasteiger charge is 2.35. The van der Waals surface area contributed by atoms with Crippen molar-refractivity contribution >= 4 is 99.0 Å². The number of aryl methyl sites for hydroxylation is 2. The van der Waals surface area contributed by atoms with Crippen LogP contribution in [0.5, 0.6) is 11.5 Å². The van der Waals surface area contributed by atoms with Crippen LogP contribution in [0.1, 0.15) is 89.2 Å². The van der Waals surface area contributed by atoms with E-state index in [0.29, 0.717) is 35.1 Å². The number of hydrogen-bond acceptors (Lipinski definition) is 15. The van der Waals surface area contributed by atoms with E-state index in [9.17, 15) is 96.2 Å². The molecule has 0 atom stereocenters. The zero-order valence-electron chi connectivity index (χ0n) is 54.3. The van der Waals surface area contributed by atoms with Crippen molar-refractivity contribution in [3.63, 3.8) is 0 Å². The van der Waals surface area contributed by atoms with Crippen LogP contribution < -0.4 is 36.1 Å². The number of carbonyl (C=O) groups excluding carboxylic acids is 10. The molecule has 0 spiro atoms. The molecule has 101 heavy (non-hydrogen) atoms. The van der Waals surface area contributed by atoms with E-state index < -0.39 is 129 Å². The molecule has 7 N–H and O–H groups in total. The molecule has 20 nitrogen and oxygen atoms in total. The van der Waals surface area contributed by atoms with E-state index in [0.717, 1.165) is 78.2 Å². The van der Waals surface area contributed by atoms with Gasteiger partial charge in [-0.1, -0.05) is 71.2 Å². The summed E-state index contributed by atoms with van der Waals surface area (Å²) in [6, 6.07) is 24.6. The quantitative estimate of drug-likeness (QED) is 0.0159. The number of benzene rings is 6. The van der Waals surface area contributed by atoms with Crippen molar-refractivity contribution in [2.24, 2.45) is 4.99 Å². The van der Waals surface area contributed by atoms with Crippen LogP contribution >= 0.6 is 34.8 Å². The van der Waals surface area contributed by atoms with Crippen LogP contribution in [0.25, 0.3) is 0 Å². The van der Waals surface area contributed by atoms with Crippen LogP contribution in [-0.2, 0) is 106 Å². The average Bonchev–Trinajstić information content (AvgIpc) is 0.838. The number of aliphatic hydroxyl groups is 2. The summed E-state index contributed by atoms with van der Waals surface area (Å²) in [5.41, 5.74) is 1.48. The minimum Gasteiger partial charge on any atom is -0.493 e. The monoisotopic (exact) mass is 1490 g/mol. The smallest absolute Gasteiger partial charge is 0.417 e. The highest BCUT2D eigenvalue weighted by atomic mass is 35.5. The van der Waals surface area contributed by atoms with Gasteiger partial charge in [-0.05, 0) is 145 Å². The fourth-order valence-electron chi connectivity index (χ4n) is 7.70. The molecular formula is C67H66Cl3F11N6O14. The first-order valence-corrected chi connectivity index (χ1v) is 30.3. The summed E-state index contributed by atoms with van der Waals surface area (Å²) in [6.45, 7) is 3.94. The highest BCUT2D eigenvalue weighted by Crippen LogP contribution is 2.37. The Hall–Kier alpha value is -9.69. The van der Waals surface area contributed by atoms with Crippen molar-refractivity contribution < 1.29 is 116 Å². The number of nitrogens with zero attached hydrogens (tertiary/aromatic N) is 1. The predicted molar refractivity (Wildman–Crippen MR) is 347 cm³/mol. The van der Waals surface area contributed by atoms with Crippen molar-refractivity contribution in [2.75, 3.05) is 34.0 Å².